The van der Waals surface area contributed by atoms with Crippen molar-refractivity contribution in [2.24, 2.45) is 5.92 Å². The van der Waals surface area contributed by atoms with Gasteiger partial charge in [-0.15, -0.1) is 11.8 Å². The van der Waals surface area contributed by atoms with Crippen molar-refractivity contribution in [2.45, 2.75) is 74.7 Å². The Balaban J connectivity index is 1.97. The predicted molar refractivity (Wildman–Crippen MR) is 129 cm³/mol. The van der Waals surface area contributed by atoms with E-state index >= 15 is 0 Å². The van der Waals surface area contributed by atoms with E-state index in [1.165, 1.54) is 11.8 Å². The van der Waals surface area contributed by atoms with Crippen molar-refractivity contribution in [3.05, 3.63) is 0 Å². The summed E-state index contributed by atoms with van der Waals surface area (Å²) in [5, 5.41) is 17.5. The zero-order valence-corrected chi connectivity index (χ0v) is 22.1. The highest BCUT2D eigenvalue weighted by atomic mass is 32.2. The lowest BCUT2D eigenvalue weighted by atomic mass is 9.88. The number of rotatable bonds is 15. The minimum absolute atomic E-state index is 0.0120. The normalized spacial score (nSPS) is 25.1. The Bertz CT molecular complexity index is 857. The first kappa shape index (κ1) is 30.1. The van der Waals surface area contributed by atoms with Gasteiger partial charge in [-0.05, 0) is 38.5 Å². The second kappa shape index (κ2) is 12.4. The Morgan fingerprint density at radius 1 is 1.09 bits per heavy atom. The molecule has 3 amide bonds. The number of aliphatic carboxylic acids is 1. The van der Waals surface area contributed by atoms with Crippen LogP contribution in [-0.2, 0) is 18.7 Å². The number of carboxylic acid groups (broad SMARTS) is 1. The lowest BCUT2D eigenvalue weighted by Gasteiger charge is -2.33. The van der Waals surface area contributed by atoms with Gasteiger partial charge in [0.15, 0.2) is 0 Å². The highest BCUT2D eigenvalue weighted by Crippen LogP contribution is 2.46. The number of carboxylic acids is 1. The zero-order valence-electron chi connectivity index (χ0n) is 19.5. The number of urea groups is 1. The lowest BCUT2D eigenvalue weighted by Crippen LogP contribution is -2.57. The standard InChI is InChI=1S/C19H35N3O10P2S/c1-12(5-4-6-13(9-33(27,28)29)10-34(30,31)32)20-17(25)19(8-3-2-7-15(23)24)16-14(11-35-19)21-18(26)22-16/h12-14,16H,2-11H2,1H3,(H,20,25)(H,23,24)(H2,21,22,26)(H2,27,28,29)(H2,30,31,32)/t12?,14-,16-,19-/m0/s1. The topological polar surface area (TPSA) is 223 Å². The first-order chi connectivity index (χ1) is 16.1. The van der Waals surface area contributed by atoms with E-state index < -0.39 is 50.2 Å². The molecule has 0 saturated carbocycles. The Morgan fingerprint density at radius 3 is 2.29 bits per heavy atom. The number of fused-ring (bicyclic) bond motifs is 1. The summed E-state index contributed by atoms with van der Waals surface area (Å²) < 4.78 is 21.7. The monoisotopic (exact) mass is 559 g/mol. The molecule has 0 aromatic rings. The van der Waals surface area contributed by atoms with Gasteiger partial charge in [-0.1, -0.05) is 12.8 Å². The van der Waals surface area contributed by atoms with E-state index in [1.807, 2.05) is 0 Å². The van der Waals surface area contributed by atoms with Crippen LogP contribution >= 0.6 is 27.0 Å². The van der Waals surface area contributed by atoms with Crippen LogP contribution in [0, 0.1) is 5.92 Å². The molecule has 2 fully saturated rings. The van der Waals surface area contributed by atoms with E-state index in [2.05, 4.69) is 16.0 Å². The third-order valence-electron chi connectivity index (χ3n) is 6.22. The lowest BCUT2D eigenvalue weighted by molar-refractivity contribution is -0.137. The summed E-state index contributed by atoms with van der Waals surface area (Å²) in [5.74, 6) is -1.51. The molecule has 0 aromatic heterocycles. The molecule has 0 aliphatic carbocycles. The summed E-state index contributed by atoms with van der Waals surface area (Å²) >= 11 is 1.42. The van der Waals surface area contributed by atoms with E-state index in [9.17, 15) is 43.1 Å². The number of amides is 3. The summed E-state index contributed by atoms with van der Waals surface area (Å²) in [6.07, 6.45) is 1.01. The second-order valence-electron chi connectivity index (χ2n) is 9.37. The Hall–Kier alpha value is -1.14. The largest absolute Gasteiger partial charge is 0.481 e. The van der Waals surface area contributed by atoms with Crippen molar-refractivity contribution < 1.29 is 48.2 Å². The van der Waals surface area contributed by atoms with Crippen LogP contribution in [0.4, 0.5) is 4.79 Å². The number of hydrogen-bond donors (Lipinski definition) is 8. The maximum atomic E-state index is 13.4. The Labute approximate surface area is 207 Å². The van der Waals surface area contributed by atoms with E-state index in [0.29, 0.717) is 37.9 Å². The molecule has 2 aliphatic rings. The quantitative estimate of drug-likeness (QED) is 0.0796. The van der Waals surface area contributed by atoms with Crippen molar-refractivity contribution in [3.63, 3.8) is 0 Å². The fourth-order valence-electron chi connectivity index (χ4n) is 4.70. The molecule has 35 heavy (non-hydrogen) atoms. The zero-order chi connectivity index (χ0) is 26.4. The molecule has 2 heterocycles. The molecule has 0 bridgehead atoms. The number of thioether (sulfide) groups is 1. The average Bonchev–Trinajstić information content (AvgIpc) is 3.20. The molecular weight excluding hydrogens is 524 g/mol. The third-order valence-corrected chi connectivity index (χ3v) is 9.89. The van der Waals surface area contributed by atoms with Crippen LogP contribution < -0.4 is 16.0 Å². The Kier molecular flexibility index (Phi) is 10.7. The van der Waals surface area contributed by atoms with Gasteiger partial charge in [-0.3, -0.25) is 18.7 Å². The van der Waals surface area contributed by atoms with Crippen LogP contribution in [0.3, 0.4) is 0 Å². The summed E-state index contributed by atoms with van der Waals surface area (Å²) in [5.41, 5.74) is 0. The van der Waals surface area contributed by atoms with Crippen LogP contribution in [-0.4, -0.2) is 83.5 Å². The van der Waals surface area contributed by atoms with Gasteiger partial charge in [0.05, 0.1) is 24.4 Å². The Morgan fingerprint density at radius 2 is 1.71 bits per heavy atom. The first-order valence-corrected chi connectivity index (χ1v) is 16.0. The highest BCUT2D eigenvalue weighted by Gasteiger charge is 2.57. The molecule has 0 aromatic carbocycles. The van der Waals surface area contributed by atoms with Gasteiger partial charge in [-0.25, -0.2) is 4.79 Å². The summed E-state index contributed by atoms with van der Waals surface area (Å²) in [6, 6.07) is -1.34. The molecule has 202 valence electrons. The third kappa shape index (κ3) is 9.68. The van der Waals surface area contributed by atoms with Crippen molar-refractivity contribution in [3.8, 4) is 0 Å². The van der Waals surface area contributed by atoms with Gasteiger partial charge < -0.3 is 40.6 Å². The van der Waals surface area contributed by atoms with Crippen molar-refractivity contribution in [1.29, 1.82) is 0 Å². The number of carbonyl (C=O) groups excluding carboxylic acids is 2. The highest BCUT2D eigenvalue weighted by molar-refractivity contribution is 8.01. The van der Waals surface area contributed by atoms with Gasteiger partial charge in [0.25, 0.3) is 0 Å². The fraction of sp³-hybridized carbons (Fsp3) is 0.842. The molecule has 2 rings (SSSR count). The smallest absolute Gasteiger partial charge is 0.325 e. The van der Waals surface area contributed by atoms with Crippen LogP contribution in [0.2, 0.25) is 0 Å². The molecule has 0 radical (unpaired) electrons. The van der Waals surface area contributed by atoms with Crippen LogP contribution in [0.5, 0.6) is 0 Å². The molecule has 13 nitrogen and oxygen atoms in total. The number of nitrogens with one attached hydrogen (secondary N) is 3. The number of hydrogen-bond acceptors (Lipinski definition) is 6. The minimum atomic E-state index is -4.45. The second-order valence-corrected chi connectivity index (χ2v) is 14.1. The van der Waals surface area contributed by atoms with Crippen molar-refractivity contribution in [1.82, 2.24) is 16.0 Å². The van der Waals surface area contributed by atoms with E-state index in [0.717, 1.165) is 0 Å². The van der Waals surface area contributed by atoms with Gasteiger partial charge >= 0.3 is 27.2 Å². The number of carbonyl (C=O) groups is 3. The molecular formula is C19H35N3O10P2S. The molecule has 8 N–H and O–H groups in total. The summed E-state index contributed by atoms with van der Waals surface area (Å²) in [6.45, 7) is 1.76. The summed E-state index contributed by atoms with van der Waals surface area (Å²) in [7, 11) is -8.89. The molecule has 2 saturated heterocycles. The van der Waals surface area contributed by atoms with Crippen molar-refractivity contribution in [2.75, 3.05) is 18.1 Å². The fourth-order valence-corrected chi connectivity index (χ4v) is 8.51. The van der Waals surface area contributed by atoms with Gasteiger partial charge in [0.2, 0.25) is 5.91 Å². The predicted octanol–water partition coefficient (Wildman–Crippen LogP) is 0.814. The molecule has 1 unspecified atom stereocenters. The molecule has 4 atom stereocenters. The number of unbranched alkanes of at least 4 members (excludes halogenated alkanes) is 1. The maximum absolute atomic E-state index is 13.4. The molecule has 2 aliphatic heterocycles. The van der Waals surface area contributed by atoms with Gasteiger partial charge in [0, 0.05) is 18.2 Å². The summed E-state index contributed by atoms with van der Waals surface area (Å²) in [4.78, 5) is 72.9. The van der Waals surface area contributed by atoms with Crippen LogP contribution in [0.1, 0.15) is 51.9 Å². The van der Waals surface area contributed by atoms with Crippen molar-refractivity contribution >= 4 is 44.9 Å². The van der Waals surface area contributed by atoms with E-state index in [-0.39, 0.29) is 36.9 Å². The van der Waals surface area contributed by atoms with E-state index in [4.69, 9.17) is 5.11 Å². The SMILES string of the molecule is CC(CCCC(CP(=O)(O)O)CP(=O)(O)O)NC(=O)[C@@]1(CCCCC(=O)O)SC[C@@H]2NC(=O)N[C@@H]21. The van der Waals surface area contributed by atoms with Gasteiger partial charge in [-0.2, -0.15) is 0 Å². The van der Waals surface area contributed by atoms with Crippen LogP contribution in [0.15, 0.2) is 0 Å². The molecule has 0 spiro atoms. The minimum Gasteiger partial charge on any atom is -0.481 e. The average molecular weight is 560 g/mol. The van der Waals surface area contributed by atoms with E-state index in [1.54, 1.807) is 6.92 Å². The van der Waals surface area contributed by atoms with Gasteiger partial charge in [0.1, 0.15) is 4.75 Å². The maximum Gasteiger partial charge on any atom is 0.325 e. The van der Waals surface area contributed by atoms with Crippen LogP contribution in [0.25, 0.3) is 0 Å². The first-order valence-electron chi connectivity index (χ1n) is 11.4. The molecule has 16 heteroatoms.